The molecule has 0 spiro atoms. The maximum Gasteiger partial charge on any atom is 0.123 e. The third kappa shape index (κ3) is 6.17. The fourth-order valence-electron chi connectivity index (χ4n) is 2.88. The van der Waals surface area contributed by atoms with Gasteiger partial charge in [0.25, 0.3) is 0 Å². The molecule has 28 heavy (non-hydrogen) atoms. The molecule has 0 aliphatic rings. The molecule has 0 unspecified atom stereocenters. The molecule has 0 aliphatic heterocycles. The van der Waals surface area contributed by atoms with Crippen LogP contribution >= 0.6 is 11.8 Å². The molecule has 0 atom stereocenters. The van der Waals surface area contributed by atoms with Gasteiger partial charge in [-0.2, -0.15) is 0 Å². The monoisotopic (exact) mass is 396 g/mol. The maximum absolute atomic E-state index is 13.2. The molecule has 0 amide bonds. The summed E-state index contributed by atoms with van der Waals surface area (Å²) >= 11 is 1.68. The van der Waals surface area contributed by atoms with Gasteiger partial charge in [-0.1, -0.05) is 60.3 Å². The van der Waals surface area contributed by atoms with E-state index in [0.29, 0.717) is 6.54 Å². The van der Waals surface area contributed by atoms with Crippen LogP contribution in [0.25, 0.3) is 0 Å². The largest absolute Gasteiger partial charge is 0.392 e. The Balaban J connectivity index is 1.47. The van der Waals surface area contributed by atoms with Crippen LogP contribution in [0.1, 0.15) is 16.7 Å². The highest BCUT2D eigenvalue weighted by Gasteiger charge is 2.07. The number of hydrogen-bond acceptors (Lipinski definition) is 4. The molecular formula is C23H25FN2OS. The molecule has 0 heterocycles. The van der Waals surface area contributed by atoms with Crippen LogP contribution in [0.4, 0.5) is 4.39 Å². The fraction of sp³-hybridized carbons (Fsp3) is 0.217. The zero-order chi connectivity index (χ0) is 19.6. The van der Waals surface area contributed by atoms with Gasteiger partial charge in [-0.3, -0.25) is 0 Å². The highest BCUT2D eigenvalue weighted by atomic mass is 32.2. The molecule has 146 valence electrons. The summed E-state index contributed by atoms with van der Waals surface area (Å²) in [6, 6.07) is 22.9. The van der Waals surface area contributed by atoms with Crippen molar-refractivity contribution in [3.05, 3.63) is 95.3 Å². The lowest BCUT2D eigenvalue weighted by atomic mass is 10.2. The summed E-state index contributed by atoms with van der Waals surface area (Å²) in [7, 11) is 0. The minimum atomic E-state index is -0.200. The van der Waals surface area contributed by atoms with Crippen molar-refractivity contribution in [2.24, 2.45) is 0 Å². The van der Waals surface area contributed by atoms with Crippen molar-refractivity contribution in [3.63, 3.8) is 0 Å². The molecule has 3 N–H and O–H groups in total. The van der Waals surface area contributed by atoms with Crippen LogP contribution in [0, 0.1) is 5.82 Å². The topological polar surface area (TPSA) is 44.3 Å². The third-order valence-corrected chi connectivity index (χ3v) is 5.58. The van der Waals surface area contributed by atoms with Gasteiger partial charge in [-0.05, 0) is 41.0 Å². The van der Waals surface area contributed by atoms with E-state index in [0.717, 1.165) is 35.7 Å². The van der Waals surface area contributed by atoms with Crippen molar-refractivity contribution in [2.45, 2.75) is 29.5 Å². The molecule has 0 saturated carbocycles. The van der Waals surface area contributed by atoms with E-state index in [1.54, 1.807) is 23.9 Å². The number of aliphatic hydroxyl groups is 1. The summed E-state index contributed by atoms with van der Waals surface area (Å²) in [5.41, 5.74) is 3.12. The van der Waals surface area contributed by atoms with Gasteiger partial charge in [-0.25, -0.2) is 4.39 Å². The Kier molecular flexibility index (Phi) is 8.06. The van der Waals surface area contributed by atoms with E-state index in [-0.39, 0.29) is 12.4 Å². The first-order valence-corrected chi connectivity index (χ1v) is 10.2. The minimum Gasteiger partial charge on any atom is -0.392 e. The fourth-order valence-corrected chi connectivity index (χ4v) is 3.95. The first-order chi connectivity index (χ1) is 13.8. The molecule has 5 heteroatoms. The lowest BCUT2D eigenvalue weighted by Gasteiger charge is -2.12. The highest BCUT2D eigenvalue weighted by molar-refractivity contribution is 7.99. The Morgan fingerprint density at radius 1 is 0.750 bits per heavy atom. The average molecular weight is 397 g/mol. The van der Waals surface area contributed by atoms with Crippen molar-refractivity contribution < 1.29 is 9.50 Å². The Morgan fingerprint density at radius 3 is 2.11 bits per heavy atom. The highest BCUT2D eigenvalue weighted by Crippen LogP contribution is 2.32. The van der Waals surface area contributed by atoms with Gasteiger partial charge in [0.05, 0.1) is 6.61 Å². The van der Waals surface area contributed by atoms with Gasteiger partial charge in [0.15, 0.2) is 0 Å². The predicted octanol–water partition coefficient (Wildman–Crippen LogP) is 4.35. The Bertz CT molecular complexity index is 888. The normalized spacial score (nSPS) is 10.9. The molecule has 0 saturated heterocycles. The molecule has 0 aromatic heterocycles. The molecule has 3 aromatic carbocycles. The molecule has 0 fully saturated rings. The molecule has 0 radical (unpaired) electrons. The summed E-state index contributed by atoms with van der Waals surface area (Å²) in [5, 5.41) is 16.3. The number of hydrogen-bond donors (Lipinski definition) is 3. The average Bonchev–Trinajstić information content (AvgIpc) is 2.72. The summed E-state index contributed by atoms with van der Waals surface area (Å²) in [6.45, 7) is 3.09. The summed E-state index contributed by atoms with van der Waals surface area (Å²) in [6.07, 6.45) is 0. The summed E-state index contributed by atoms with van der Waals surface area (Å²) in [5.74, 6) is -0.200. The second-order valence-corrected chi connectivity index (χ2v) is 7.54. The lowest BCUT2D eigenvalue weighted by Crippen LogP contribution is -2.26. The van der Waals surface area contributed by atoms with Crippen LogP contribution in [0.3, 0.4) is 0 Å². The standard InChI is InChI=1S/C23H25FN2OS/c24-21-9-5-6-18(14-21)15-25-12-13-26-16-19-7-1-3-10-22(19)28-23-11-4-2-8-20(23)17-27/h1-11,14,25-27H,12-13,15-17H2. The van der Waals surface area contributed by atoms with Crippen molar-refractivity contribution in [1.29, 1.82) is 0 Å². The van der Waals surface area contributed by atoms with E-state index in [1.807, 2.05) is 42.5 Å². The van der Waals surface area contributed by atoms with Gasteiger partial charge in [0, 0.05) is 36.0 Å². The van der Waals surface area contributed by atoms with Crippen LogP contribution in [0.15, 0.2) is 82.6 Å². The van der Waals surface area contributed by atoms with Crippen molar-refractivity contribution in [3.8, 4) is 0 Å². The maximum atomic E-state index is 13.2. The van der Waals surface area contributed by atoms with Crippen molar-refractivity contribution in [1.82, 2.24) is 10.6 Å². The smallest absolute Gasteiger partial charge is 0.123 e. The zero-order valence-electron chi connectivity index (χ0n) is 15.7. The van der Waals surface area contributed by atoms with Crippen LogP contribution < -0.4 is 10.6 Å². The predicted molar refractivity (Wildman–Crippen MR) is 113 cm³/mol. The van der Waals surface area contributed by atoms with Crippen molar-refractivity contribution >= 4 is 11.8 Å². The van der Waals surface area contributed by atoms with Crippen LogP contribution in [0.2, 0.25) is 0 Å². The second kappa shape index (κ2) is 11.0. The lowest BCUT2D eigenvalue weighted by molar-refractivity contribution is 0.279. The minimum absolute atomic E-state index is 0.0422. The van der Waals surface area contributed by atoms with Gasteiger partial charge in [-0.15, -0.1) is 0 Å². The first kappa shape index (κ1) is 20.6. The molecule has 3 rings (SSSR count). The van der Waals surface area contributed by atoms with Crippen molar-refractivity contribution in [2.75, 3.05) is 13.1 Å². The number of benzene rings is 3. The molecule has 3 nitrogen and oxygen atoms in total. The zero-order valence-corrected chi connectivity index (χ0v) is 16.5. The quantitative estimate of drug-likeness (QED) is 0.446. The van der Waals surface area contributed by atoms with Gasteiger partial charge >= 0.3 is 0 Å². The Hall–Kier alpha value is -2.18. The SMILES string of the molecule is OCc1ccccc1Sc1ccccc1CNCCNCc1cccc(F)c1. The summed E-state index contributed by atoms with van der Waals surface area (Å²) in [4.78, 5) is 2.26. The number of aliphatic hydroxyl groups excluding tert-OH is 1. The number of rotatable bonds is 10. The third-order valence-electron chi connectivity index (χ3n) is 4.35. The van der Waals surface area contributed by atoms with Crippen LogP contribution in [-0.2, 0) is 19.7 Å². The van der Waals surface area contributed by atoms with Gasteiger partial charge in [0.2, 0.25) is 0 Å². The van der Waals surface area contributed by atoms with E-state index < -0.39 is 0 Å². The molecule has 3 aromatic rings. The number of nitrogens with one attached hydrogen (secondary N) is 2. The van der Waals surface area contributed by atoms with Gasteiger partial charge < -0.3 is 15.7 Å². The van der Waals surface area contributed by atoms with E-state index in [4.69, 9.17) is 0 Å². The van der Waals surface area contributed by atoms with E-state index >= 15 is 0 Å². The second-order valence-electron chi connectivity index (χ2n) is 6.46. The first-order valence-electron chi connectivity index (χ1n) is 9.36. The molecule has 0 bridgehead atoms. The Labute approximate surface area is 170 Å². The van der Waals surface area contributed by atoms with Crippen LogP contribution in [-0.4, -0.2) is 18.2 Å². The van der Waals surface area contributed by atoms with E-state index in [1.165, 1.54) is 16.5 Å². The van der Waals surface area contributed by atoms with Gasteiger partial charge in [0.1, 0.15) is 5.82 Å². The van der Waals surface area contributed by atoms with Crippen LogP contribution in [0.5, 0.6) is 0 Å². The molecule has 0 aliphatic carbocycles. The van der Waals surface area contributed by atoms with E-state index in [2.05, 4.69) is 22.8 Å². The Morgan fingerprint density at radius 2 is 1.39 bits per heavy atom. The number of halogens is 1. The van der Waals surface area contributed by atoms with E-state index in [9.17, 15) is 9.50 Å². The summed E-state index contributed by atoms with van der Waals surface area (Å²) < 4.78 is 13.2. The molecular weight excluding hydrogens is 371 g/mol.